The van der Waals surface area contributed by atoms with Gasteiger partial charge in [-0.3, -0.25) is 4.90 Å². The summed E-state index contributed by atoms with van der Waals surface area (Å²) in [4.78, 5) is 12.8. The van der Waals surface area contributed by atoms with Crippen LogP contribution >= 0.6 is 0 Å². The molecular formula is C11H22N2O2. The van der Waals surface area contributed by atoms with Gasteiger partial charge in [-0.05, 0) is 19.3 Å². The summed E-state index contributed by atoms with van der Waals surface area (Å²) in [6.45, 7) is 11.5. The van der Waals surface area contributed by atoms with E-state index in [4.69, 9.17) is 0 Å². The first-order valence-corrected chi connectivity index (χ1v) is 5.42. The molecule has 0 bridgehead atoms. The summed E-state index contributed by atoms with van der Waals surface area (Å²) in [5.74, 6) is 0. The fourth-order valence-electron chi connectivity index (χ4n) is 1.97. The van der Waals surface area contributed by atoms with Crippen molar-refractivity contribution >= 4 is 6.09 Å². The van der Waals surface area contributed by atoms with Gasteiger partial charge in [0.05, 0.1) is 5.54 Å². The van der Waals surface area contributed by atoms with E-state index in [0.717, 1.165) is 0 Å². The second kappa shape index (κ2) is 3.67. The second-order valence-corrected chi connectivity index (χ2v) is 5.70. The van der Waals surface area contributed by atoms with Crippen molar-refractivity contribution in [1.82, 2.24) is 10.2 Å². The fraction of sp³-hybridized carbons (Fsp3) is 0.909. The minimum atomic E-state index is -0.819. The van der Waals surface area contributed by atoms with Gasteiger partial charge in [-0.2, -0.15) is 0 Å². The summed E-state index contributed by atoms with van der Waals surface area (Å²) < 4.78 is 0. The van der Waals surface area contributed by atoms with Crippen molar-refractivity contribution in [3.63, 3.8) is 0 Å². The zero-order chi connectivity index (χ0) is 11.9. The Balaban J connectivity index is 3.00. The van der Waals surface area contributed by atoms with Crippen molar-refractivity contribution < 1.29 is 9.90 Å². The van der Waals surface area contributed by atoms with Gasteiger partial charge < -0.3 is 10.4 Å². The lowest BCUT2D eigenvalue weighted by molar-refractivity contribution is -0.0117. The summed E-state index contributed by atoms with van der Waals surface area (Å²) >= 11 is 0. The van der Waals surface area contributed by atoms with Gasteiger partial charge >= 0.3 is 6.09 Å². The number of rotatable bonds is 0. The Bertz CT molecular complexity index is 260. The maximum absolute atomic E-state index is 11.3. The summed E-state index contributed by atoms with van der Waals surface area (Å²) in [5, 5.41) is 12.6. The number of amides is 1. The van der Waals surface area contributed by atoms with Gasteiger partial charge in [-0.25, -0.2) is 4.79 Å². The van der Waals surface area contributed by atoms with Crippen LogP contribution in [-0.4, -0.2) is 40.8 Å². The van der Waals surface area contributed by atoms with Crippen LogP contribution in [0.4, 0.5) is 4.79 Å². The number of carbonyl (C=O) groups is 1. The molecule has 0 spiro atoms. The Morgan fingerprint density at radius 1 is 1.53 bits per heavy atom. The Labute approximate surface area is 91.6 Å². The van der Waals surface area contributed by atoms with Crippen LogP contribution in [-0.2, 0) is 0 Å². The average Bonchev–Trinajstić information content (AvgIpc) is 2.07. The molecule has 1 aliphatic rings. The molecule has 88 valence electrons. The van der Waals surface area contributed by atoms with Crippen molar-refractivity contribution in [1.29, 1.82) is 0 Å². The number of nitrogens with zero attached hydrogens (tertiary/aromatic N) is 1. The highest BCUT2D eigenvalue weighted by molar-refractivity contribution is 5.66. The monoisotopic (exact) mass is 214 g/mol. The highest BCUT2D eigenvalue weighted by atomic mass is 16.4. The fourth-order valence-corrected chi connectivity index (χ4v) is 1.97. The first-order chi connectivity index (χ1) is 6.68. The normalized spacial score (nSPS) is 32.9. The van der Waals surface area contributed by atoms with E-state index in [2.05, 4.69) is 26.1 Å². The zero-order valence-electron chi connectivity index (χ0n) is 10.3. The first-order valence-electron chi connectivity index (χ1n) is 5.42. The standard InChI is InChI=1S/C11H22N2O2/c1-8-6-13(9(14)15)11(5,7-12-8)10(2,3)4/h8,12H,6-7H2,1-5H3,(H,14,15). The van der Waals surface area contributed by atoms with E-state index in [1.165, 1.54) is 0 Å². The molecule has 1 fully saturated rings. The minimum absolute atomic E-state index is 0.0709. The van der Waals surface area contributed by atoms with Gasteiger partial charge in [-0.15, -0.1) is 0 Å². The Morgan fingerprint density at radius 2 is 2.07 bits per heavy atom. The molecule has 1 aliphatic heterocycles. The molecule has 0 saturated carbocycles. The van der Waals surface area contributed by atoms with Crippen LogP contribution < -0.4 is 5.32 Å². The van der Waals surface area contributed by atoms with E-state index in [9.17, 15) is 9.90 Å². The van der Waals surface area contributed by atoms with Crippen molar-refractivity contribution in [3.8, 4) is 0 Å². The third kappa shape index (κ3) is 2.09. The van der Waals surface area contributed by atoms with E-state index in [1.807, 2.05) is 13.8 Å². The Hall–Kier alpha value is -0.770. The maximum Gasteiger partial charge on any atom is 0.407 e. The molecular weight excluding hydrogens is 192 g/mol. The first kappa shape index (κ1) is 12.3. The molecule has 1 amide bonds. The molecule has 1 heterocycles. The lowest BCUT2D eigenvalue weighted by Crippen LogP contribution is -2.68. The van der Waals surface area contributed by atoms with Gasteiger partial charge in [0.2, 0.25) is 0 Å². The van der Waals surface area contributed by atoms with Crippen molar-refractivity contribution in [2.45, 2.75) is 46.2 Å². The molecule has 0 aliphatic carbocycles. The van der Waals surface area contributed by atoms with Gasteiger partial charge in [0.25, 0.3) is 0 Å². The van der Waals surface area contributed by atoms with E-state index < -0.39 is 6.09 Å². The molecule has 2 N–H and O–H groups in total. The van der Waals surface area contributed by atoms with E-state index in [-0.39, 0.29) is 17.0 Å². The van der Waals surface area contributed by atoms with Crippen LogP contribution in [0.15, 0.2) is 0 Å². The quantitative estimate of drug-likeness (QED) is 0.646. The molecule has 1 saturated heterocycles. The van der Waals surface area contributed by atoms with Gasteiger partial charge in [0.15, 0.2) is 0 Å². The van der Waals surface area contributed by atoms with Crippen LogP contribution in [0.2, 0.25) is 0 Å². The third-order valence-electron chi connectivity index (χ3n) is 3.69. The largest absolute Gasteiger partial charge is 0.465 e. The molecule has 4 heteroatoms. The number of carboxylic acid groups (broad SMARTS) is 1. The molecule has 2 unspecified atom stereocenters. The molecule has 0 aromatic rings. The lowest BCUT2D eigenvalue weighted by atomic mass is 9.72. The maximum atomic E-state index is 11.3. The number of nitrogens with one attached hydrogen (secondary N) is 1. The third-order valence-corrected chi connectivity index (χ3v) is 3.69. The summed E-state index contributed by atoms with van der Waals surface area (Å²) in [6.07, 6.45) is -0.819. The lowest BCUT2D eigenvalue weighted by Gasteiger charge is -2.53. The van der Waals surface area contributed by atoms with Crippen LogP contribution in [0, 0.1) is 5.41 Å². The number of hydrogen-bond acceptors (Lipinski definition) is 2. The molecule has 0 aromatic carbocycles. The van der Waals surface area contributed by atoms with Crippen molar-refractivity contribution in [2.24, 2.45) is 5.41 Å². The van der Waals surface area contributed by atoms with Crippen LogP contribution in [0.1, 0.15) is 34.6 Å². The Morgan fingerprint density at radius 3 is 2.47 bits per heavy atom. The molecule has 2 atom stereocenters. The van der Waals surface area contributed by atoms with Crippen molar-refractivity contribution in [2.75, 3.05) is 13.1 Å². The number of hydrogen-bond donors (Lipinski definition) is 2. The highest BCUT2D eigenvalue weighted by Gasteiger charge is 2.47. The van der Waals surface area contributed by atoms with E-state index in [0.29, 0.717) is 13.1 Å². The molecule has 15 heavy (non-hydrogen) atoms. The Kier molecular flexibility index (Phi) is 3.01. The molecule has 4 nitrogen and oxygen atoms in total. The summed E-state index contributed by atoms with van der Waals surface area (Å²) in [7, 11) is 0. The predicted octanol–water partition coefficient (Wildman–Crippen LogP) is 1.76. The zero-order valence-corrected chi connectivity index (χ0v) is 10.3. The van der Waals surface area contributed by atoms with Crippen LogP contribution in [0.3, 0.4) is 0 Å². The van der Waals surface area contributed by atoms with Gasteiger partial charge in [0.1, 0.15) is 0 Å². The molecule has 0 aromatic heterocycles. The predicted molar refractivity (Wildman–Crippen MR) is 60.1 cm³/mol. The summed E-state index contributed by atoms with van der Waals surface area (Å²) in [6, 6.07) is 0.233. The topological polar surface area (TPSA) is 52.6 Å². The SMILES string of the molecule is CC1CN(C(=O)O)C(C)(C(C)(C)C)CN1. The minimum Gasteiger partial charge on any atom is -0.465 e. The van der Waals surface area contributed by atoms with Gasteiger partial charge in [-0.1, -0.05) is 20.8 Å². The average molecular weight is 214 g/mol. The van der Waals surface area contributed by atoms with E-state index >= 15 is 0 Å². The highest BCUT2D eigenvalue weighted by Crippen LogP contribution is 2.37. The van der Waals surface area contributed by atoms with Crippen LogP contribution in [0.25, 0.3) is 0 Å². The smallest absolute Gasteiger partial charge is 0.407 e. The van der Waals surface area contributed by atoms with Crippen molar-refractivity contribution in [3.05, 3.63) is 0 Å². The molecule has 0 radical (unpaired) electrons. The van der Waals surface area contributed by atoms with Crippen LogP contribution in [0.5, 0.6) is 0 Å². The van der Waals surface area contributed by atoms with Gasteiger partial charge in [0, 0.05) is 19.1 Å². The summed E-state index contributed by atoms with van der Waals surface area (Å²) in [5.41, 5.74) is -0.413. The molecule has 1 rings (SSSR count). The second-order valence-electron chi connectivity index (χ2n) is 5.70. The number of piperazine rings is 1. The van der Waals surface area contributed by atoms with E-state index in [1.54, 1.807) is 4.90 Å².